The van der Waals surface area contributed by atoms with Crippen LogP contribution in [0.1, 0.15) is 0 Å². The Hall–Kier alpha value is 2.32. The van der Waals surface area contributed by atoms with Gasteiger partial charge in [-0.1, -0.05) is 0 Å². The first-order valence-corrected chi connectivity index (χ1v) is 9.00. The number of hydrogen-bond acceptors (Lipinski definition) is 0. The lowest BCUT2D eigenvalue weighted by Gasteiger charge is -1.71. The van der Waals surface area contributed by atoms with E-state index in [1.165, 1.54) is 0 Å². The highest BCUT2D eigenvalue weighted by Gasteiger charge is 1.76. The number of rotatable bonds is 0. The molecule has 0 unspecified atom stereocenters. The van der Waals surface area contributed by atoms with Gasteiger partial charge in [0.25, 0.3) is 0 Å². The van der Waals surface area contributed by atoms with Gasteiger partial charge in [0, 0.05) is 40.0 Å². The molecule has 0 aliphatic carbocycles. The molecule has 0 aromatic carbocycles. The first-order chi connectivity index (χ1) is 3.46. The highest BCUT2D eigenvalue weighted by molar-refractivity contribution is 7.55. The Kier molecular flexibility index (Phi) is 39.7. The molecule has 68 valence electrons. The van der Waals surface area contributed by atoms with E-state index in [9.17, 15) is 0 Å². The van der Waals surface area contributed by atoms with Gasteiger partial charge < -0.3 is 48.0 Å². The van der Waals surface area contributed by atoms with E-state index in [-0.39, 0.29) is 63.8 Å². The second-order valence-corrected chi connectivity index (χ2v) is 9.00. The first-order valence-electron chi connectivity index (χ1n) is 3.00. The maximum Gasteiger partial charge on any atom is 0.0461 e. The summed E-state index contributed by atoms with van der Waals surface area (Å²) in [5.41, 5.74) is 0. The van der Waals surface area contributed by atoms with Gasteiger partial charge in [0.05, 0.1) is 0 Å². The molecule has 0 rings (SSSR count). The maximum absolute atomic E-state index is 2.27. The Morgan fingerprint density at radius 1 is 0.500 bits per heavy atom. The van der Waals surface area contributed by atoms with Crippen molar-refractivity contribution in [3.63, 3.8) is 0 Å². The normalized spacial score (nSPS) is 7.20. The van der Waals surface area contributed by atoms with Crippen LogP contribution >= 0.6 is 15.8 Å². The summed E-state index contributed by atoms with van der Waals surface area (Å²) in [7, 11) is 0.241. The number of halogens is 2. The fourth-order valence-corrected chi connectivity index (χ4v) is 0. The highest BCUT2D eigenvalue weighted by atomic mass is 127. The average molecular weight is 408 g/mol. The molecule has 0 fully saturated rings. The molecule has 0 nitrogen and oxygen atoms in total. The van der Waals surface area contributed by atoms with Crippen LogP contribution in [0.4, 0.5) is 0 Å². The van der Waals surface area contributed by atoms with E-state index < -0.39 is 0 Å². The Morgan fingerprint density at radius 3 is 0.500 bits per heavy atom. The Labute approximate surface area is 103 Å². The highest BCUT2D eigenvalue weighted by Crippen LogP contribution is 2.14. The average Bonchev–Trinajstić information content (AvgIpc) is 1.25. The number of hydrogen-bond donors (Lipinski definition) is 0. The summed E-state index contributed by atoms with van der Waals surface area (Å²) < 4.78 is 0. The SMILES string of the molecule is C[PH+](C)C.C[PH+](C)C.[I-].[I-]. The topological polar surface area (TPSA) is 0 Å². The zero-order chi connectivity index (χ0) is 7.15. The predicted molar refractivity (Wildman–Crippen MR) is 52.2 cm³/mol. The van der Waals surface area contributed by atoms with Crippen LogP contribution in [0.3, 0.4) is 0 Å². The zero-order valence-electron chi connectivity index (χ0n) is 7.76. The molecule has 0 N–H and O–H groups in total. The van der Waals surface area contributed by atoms with Gasteiger partial charge >= 0.3 is 0 Å². The lowest BCUT2D eigenvalue weighted by atomic mass is 11.9. The molecule has 0 spiro atoms. The van der Waals surface area contributed by atoms with Gasteiger partial charge in [0.1, 0.15) is 0 Å². The third-order valence-electron chi connectivity index (χ3n) is 0. The van der Waals surface area contributed by atoms with Gasteiger partial charge in [-0.2, -0.15) is 0 Å². The first kappa shape index (κ1) is 22.8. The van der Waals surface area contributed by atoms with E-state index in [2.05, 4.69) is 40.0 Å². The summed E-state index contributed by atoms with van der Waals surface area (Å²) in [5, 5.41) is 0. The second-order valence-electron chi connectivity index (χ2n) is 3.00. The monoisotopic (exact) mass is 408 g/mol. The molecule has 0 aromatic heterocycles. The largest absolute Gasteiger partial charge is 1.00 e. The standard InChI is InChI=1S/2C3H9P.2HI/c2*1-4(2)3;;/h2*1-3H3;2*1H. The van der Waals surface area contributed by atoms with Crippen molar-refractivity contribution in [2.45, 2.75) is 0 Å². The second kappa shape index (κ2) is 17.4. The van der Waals surface area contributed by atoms with Crippen molar-refractivity contribution in [3.8, 4) is 0 Å². The quantitative estimate of drug-likeness (QED) is 0.285. The van der Waals surface area contributed by atoms with E-state index in [4.69, 9.17) is 0 Å². The van der Waals surface area contributed by atoms with Gasteiger partial charge in [0.2, 0.25) is 0 Å². The van der Waals surface area contributed by atoms with Crippen molar-refractivity contribution in [1.82, 2.24) is 0 Å². The lowest BCUT2D eigenvalue weighted by Crippen LogP contribution is -3.00. The molecule has 0 heterocycles. The van der Waals surface area contributed by atoms with Gasteiger partial charge in [-0.3, -0.25) is 0 Å². The van der Waals surface area contributed by atoms with Crippen molar-refractivity contribution in [1.29, 1.82) is 0 Å². The van der Waals surface area contributed by atoms with Crippen molar-refractivity contribution in [2.75, 3.05) is 40.0 Å². The minimum atomic E-state index is 0. The smallest absolute Gasteiger partial charge is 0.0461 e. The molecule has 0 atom stereocenters. The summed E-state index contributed by atoms with van der Waals surface area (Å²) in [4.78, 5) is 0. The van der Waals surface area contributed by atoms with Gasteiger partial charge in [-0.25, -0.2) is 0 Å². The van der Waals surface area contributed by atoms with Crippen molar-refractivity contribution in [2.24, 2.45) is 0 Å². The van der Waals surface area contributed by atoms with Gasteiger partial charge in [-0.15, -0.1) is 0 Å². The summed E-state index contributed by atoms with van der Waals surface area (Å²) in [5.74, 6) is 0. The van der Waals surface area contributed by atoms with Crippen LogP contribution in [-0.4, -0.2) is 40.0 Å². The van der Waals surface area contributed by atoms with Crippen LogP contribution < -0.4 is 48.0 Å². The maximum atomic E-state index is 2.27. The van der Waals surface area contributed by atoms with Gasteiger partial charge in [-0.05, 0) is 15.8 Å². The third-order valence-corrected chi connectivity index (χ3v) is 0. The van der Waals surface area contributed by atoms with E-state index in [1.807, 2.05) is 0 Å². The molecular weight excluding hydrogens is 388 g/mol. The molecule has 10 heavy (non-hydrogen) atoms. The predicted octanol–water partition coefficient (Wildman–Crippen LogP) is -3.81. The molecule has 0 saturated heterocycles. The van der Waals surface area contributed by atoms with Crippen molar-refractivity contribution >= 4 is 15.8 Å². The Morgan fingerprint density at radius 2 is 0.500 bits per heavy atom. The van der Waals surface area contributed by atoms with E-state index >= 15 is 0 Å². The van der Waals surface area contributed by atoms with Gasteiger partial charge in [0.15, 0.2) is 0 Å². The molecule has 0 radical (unpaired) electrons. The molecule has 4 heteroatoms. The zero-order valence-corrected chi connectivity index (χ0v) is 14.1. The van der Waals surface area contributed by atoms with Crippen molar-refractivity contribution < 1.29 is 48.0 Å². The molecule has 0 amide bonds. The third kappa shape index (κ3) is 167. The molecule has 0 bridgehead atoms. The van der Waals surface area contributed by atoms with E-state index in [1.54, 1.807) is 0 Å². The minimum absolute atomic E-state index is 0. The summed E-state index contributed by atoms with van der Waals surface area (Å²) in [6, 6.07) is 0. The summed E-state index contributed by atoms with van der Waals surface area (Å²) in [6.45, 7) is 13.6. The summed E-state index contributed by atoms with van der Waals surface area (Å²) in [6.07, 6.45) is 0. The van der Waals surface area contributed by atoms with E-state index in [0.717, 1.165) is 0 Å². The fourth-order valence-electron chi connectivity index (χ4n) is 0. The molecule has 0 aliphatic heterocycles. The fraction of sp³-hybridized carbons (Fsp3) is 1.00. The molecule has 0 aliphatic rings. The molecule has 0 aromatic rings. The van der Waals surface area contributed by atoms with Crippen LogP contribution in [0.15, 0.2) is 0 Å². The Bertz CT molecular complexity index is 29.2. The molecular formula is C6H20I2P2. The van der Waals surface area contributed by atoms with Crippen molar-refractivity contribution in [3.05, 3.63) is 0 Å². The minimum Gasteiger partial charge on any atom is -1.00 e. The van der Waals surface area contributed by atoms with E-state index in [0.29, 0.717) is 0 Å². The summed E-state index contributed by atoms with van der Waals surface area (Å²) >= 11 is 0. The van der Waals surface area contributed by atoms with Crippen LogP contribution in [0.2, 0.25) is 0 Å². The van der Waals surface area contributed by atoms with Crippen LogP contribution in [0, 0.1) is 0 Å². The van der Waals surface area contributed by atoms with Crippen LogP contribution in [0.25, 0.3) is 0 Å². The lowest BCUT2D eigenvalue weighted by molar-refractivity contribution is -0.001000. The van der Waals surface area contributed by atoms with Crippen LogP contribution in [-0.2, 0) is 0 Å². The molecule has 0 saturated carbocycles. The Balaban J connectivity index is -0.0000000300. The van der Waals surface area contributed by atoms with Crippen LogP contribution in [0.5, 0.6) is 0 Å².